The molecule has 108 valence electrons. The van der Waals surface area contributed by atoms with Gasteiger partial charge in [0.25, 0.3) is 0 Å². The molecule has 0 radical (unpaired) electrons. The van der Waals surface area contributed by atoms with Crippen molar-refractivity contribution >= 4 is 5.95 Å². The Morgan fingerprint density at radius 1 is 1.35 bits per heavy atom. The fourth-order valence-electron chi connectivity index (χ4n) is 1.94. The van der Waals surface area contributed by atoms with Gasteiger partial charge < -0.3 is 15.8 Å². The molecule has 1 heterocycles. The van der Waals surface area contributed by atoms with Crippen LogP contribution in [0.5, 0.6) is 5.75 Å². The molecule has 1 aromatic heterocycles. The Morgan fingerprint density at radius 2 is 2.10 bits per heavy atom. The lowest BCUT2D eigenvalue weighted by atomic mass is 10.1. The number of aromatic nitrogens is 3. The van der Waals surface area contributed by atoms with E-state index in [1.807, 2.05) is 12.1 Å². The molecule has 4 N–H and O–H groups in total. The number of aromatic amines is 1. The molecule has 0 aliphatic rings. The van der Waals surface area contributed by atoms with Crippen molar-refractivity contribution in [2.75, 3.05) is 12.8 Å². The maximum absolute atomic E-state index is 5.45. The summed E-state index contributed by atoms with van der Waals surface area (Å²) in [4.78, 5) is 4.05. The molecule has 20 heavy (non-hydrogen) atoms. The minimum absolute atomic E-state index is 0.285. The fourth-order valence-corrected chi connectivity index (χ4v) is 1.94. The number of ether oxygens (including phenoxy) is 1. The van der Waals surface area contributed by atoms with Gasteiger partial charge in [-0.2, -0.15) is 4.98 Å². The standard InChI is InChI=1S/C14H21N5O/c1-10(16-9-13-17-14(15)19-18-13)3-4-11-5-7-12(20-2)8-6-11/h5-8,10,16H,3-4,9H2,1-2H3,(H3,15,17,18,19). The number of methoxy groups -OCH3 is 1. The molecule has 0 amide bonds. The number of nitrogens with one attached hydrogen (secondary N) is 2. The van der Waals surface area contributed by atoms with Crippen LogP contribution in [0.2, 0.25) is 0 Å². The molecule has 1 atom stereocenters. The molecule has 2 rings (SSSR count). The van der Waals surface area contributed by atoms with E-state index in [4.69, 9.17) is 10.5 Å². The molecule has 0 spiro atoms. The molecular formula is C14H21N5O. The van der Waals surface area contributed by atoms with Gasteiger partial charge in [-0.15, -0.1) is 5.10 Å². The largest absolute Gasteiger partial charge is 0.497 e. The van der Waals surface area contributed by atoms with Gasteiger partial charge in [-0.3, -0.25) is 5.10 Å². The number of hydrogen-bond donors (Lipinski definition) is 3. The quantitative estimate of drug-likeness (QED) is 0.712. The Labute approximate surface area is 118 Å². The summed E-state index contributed by atoms with van der Waals surface area (Å²) >= 11 is 0. The molecule has 0 fully saturated rings. The van der Waals surface area contributed by atoms with Gasteiger partial charge in [0.15, 0.2) is 0 Å². The lowest BCUT2D eigenvalue weighted by Crippen LogP contribution is -2.26. The summed E-state index contributed by atoms with van der Waals surface area (Å²) in [5.41, 5.74) is 6.76. The molecule has 1 unspecified atom stereocenters. The second-order valence-electron chi connectivity index (χ2n) is 4.81. The maximum Gasteiger partial charge on any atom is 0.239 e. The summed E-state index contributed by atoms with van der Waals surface area (Å²) in [6, 6.07) is 8.57. The van der Waals surface area contributed by atoms with E-state index in [9.17, 15) is 0 Å². The number of nitrogen functional groups attached to an aromatic ring is 1. The number of hydrogen-bond acceptors (Lipinski definition) is 5. The zero-order chi connectivity index (χ0) is 14.4. The normalized spacial score (nSPS) is 12.3. The lowest BCUT2D eigenvalue weighted by molar-refractivity contribution is 0.414. The smallest absolute Gasteiger partial charge is 0.239 e. The highest BCUT2D eigenvalue weighted by Crippen LogP contribution is 2.13. The van der Waals surface area contributed by atoms with Crippen LogP contribution >= 0.6 is 0 Å². The van der Waals surface area contributed by atoms with Crippen molar-refractivity contribution in [3.05, 3.63) is 35.7 Å². The number of nitrogens with zero attached hydrogens (tertiary/aromatic N) is 2. The van der Waals surface area contributed by atoms with Crippen LogP contribution < -0.4 is 15.8 Å². The molecule has 6 heteroatoms. The third-order valence-corrected chi connectivity index (χ3v) is 3.19. The van der Waals surface area contributed by atoms with Gasteiger partial charge in [0, 0.05) is 6.04 Å². The molecule has 0 saturated carbocycles. The van der Waals surface area contributed by atoms with Crippen LogP contribution in [0, 0.1) is 0 Å². The van der Waals surface area contributed by atoms with Gasteiger partial charge in [-0.1, -0.05) is 12.1 Å². The zero-order valence-electron chi connectivity index (χ0n) is 11.9. The van der Waals surface area contributed by atoms with Crippen LogP contribution in [-0.4, -0.2) is 28.3 Å². The van der Waals surface area contributed by atoms with Crippen LogP contribution in [-0.2, 0) is 13.0 Å². The van der Waals surface area contributed by atoms with E-state index in [2.05, 4.69) is 39.6 Å². The molecule has 1 aromatic carbocycles. The van der Waals surface area contributed by atoms with Crippen molar-refractivity contribution in [1.82, 2.24) is 20.5 Å². The van der Waals surface area contributed by atoms with Crippen molar-refractivity contribution in [3.63, 3.8) is 0 Å². The minimum atomic E-state index is 0.285. The first-order chi connectivity index (χ1) is 9.67. The molecule has 0 bridgehead atoms. The van der Waals surface area contributed by atoms with Crippen molar-refractivity contribution in [2.45, 2.75) is 32.4 Å². The third-order valence-electron chi connectivity index (χ3n) is 3.19. The summed E-state index contributed by atoms with van der Waals surface area (Å²) in [6.45, 7) is 2.80. The Bertz CT molecular complexity index is 523. The van der Waals surface area contributed by atoms with Crippen LogP contribution in [0.25, 0.3) is 0 Å². The summed E-state index contributed by atoms with van der Waals surface area (Å²) in [7, 11) is 1.68. The van der Waals surface area contributed by atoms with Crippen molar-refractivity contribution in [1.29, 1.82) is 0 Å². The first kappa shape index (κ1) is 14.3. The zero-order valence-corrected chi connectivity index (χ0v) is 11.9. The predicted octanol–water partition coefficient (Wildman–Crippen LogP) is 1.51. The number of H-pyrrole nitrogens is 1. The Hall–Kier alpha value is -2.08. The summed E-state index contributed by atoms with van der Waals surface area (Å²) in [5, 5.41) is 9.97. The van der Waals surface area contributed by atoms with E-state index < -0.39 is 0 Å². The first-order valence-corrected chi connectivity index (χ1v) is 6.70. The van der Waals surface area contributed by atoms with Crippen LogP contribution in [0.4, 0.5) is 5.95 Å². The minimum Gasteiger partial charge on any atom is -0.497 e. The number of aryl methyl sites for hydroxylation is 1. The average molecular weight is 275 g/mol. The Morgan fingerprint density at radius 3 is 2.70 bits per heavy atom. The van der Waals surface area contributed by atoms with Crippen LogP contribution in [0.1, 0.15) is 24.7 Å². The highest BCUT2D eigenvalue weighted by atomic mass is 16.5. The van der Waals surface area contributed by atoms with Crippen molar-refractivity contribution < 1.29 is 4.74 Å². The van der Waals surface area contributed by atoms with Gasteiger partial charge in [-0.05, 0) is 37.5 Å². The number of anilines is 1. The third kappa shape index (κ3) is 4.24. The number of nitrogens with two attached hydrogens (primary N) is 1. The van der Waals surface area contributed by atoms with E-state index >= 15 is 0 Å². The van der Waals surface area contributed by atoms with Gasteiger partial charge in [0.2, 0.25) is 5.95 Å². The van der Waals surface area contributed by atoms with E-state index in [1.54, 1.807) is 7.11 Å². The molecule has 6 nitrogen and oxygen atoms in total. The molecule has 0 aliphatic heterocycles. The maximum atomic E-state index is 5.45. The monoisotopic (exact) mass is 275 g/mol. The number of rotatable bonds is 7. The Kier molecular flexibility index (Phi) is 4.95. The Balaban J connectivity index is 1.72. The van der Waals surface area contributed by atoms with E-state index in [0.29, 0.717) is 12.6 Å². The second-order valence-corrected chi connectivity index (χ2v) is 4.81. The number of benzene rings is 1. The fraction of sp³-hybridized carbons (Fsp3) is 0.429. The molecule has 0 saturated heterocycles. The molecule has 0 aliphatic carbocycles. The second kappa shape index (κ2) is 6.91. The highest BCUT2D eigenvalue weighted by Gasteiger charge is 2.05. The van der Waals surface area contributed by atoms with Crippen LogP contribution in [0.3, 0.4) is 0 Å². The van der Waals surface area contributed by atoms with Crippen molar-refractivity contribution in [3.8, 4) is 5.75 Å². The van der Waals surface area contributed by atoms with E-state index in [1.165, 1.54) is 5.56 Å². The van der Waals surface area contributed by atoms with Gasteiger partial charge in [0.05, 0.1) is 13.7 Å². The predicted molar refractivity (Wildman–Crippen MR) is 78.4 cm³/mol. The van der Waals surface area contributed by atoms with E-state index in [-0.39, 0.29) is 5.95 Å². The first-order valence-electron chi connectivity index (χ1n) is 6.70. The van der Waals surface area contributed by atoms with Gasteiger partial charge in [-0.25, -0.2) is 0 Å². The summed E-state index contributed by atoms with van der Waals surface area (Å²) in [6.07, 6.45) is 2.08. The highest BCUT2D eigenvalue weighted by molar-refractivity contribution is 5.27. The van der Waals surface area contributed by atoms with Gasteiger partial charge >= 0.3 is 0 Å². The summed E-state index contributed by atoms with van der Waals surface area (Å²) < 4.78 is 5.15. The lowest BCUT2D eigenvalue weighted by Gasteiger charge is -2.12. The van der Waals surface area contributed by atoms with Gasteiger partial charge in [0.1, 0.15) is 11.6 Å². The average Bonchev–Trinajstić information content (AvgIpc) is 2.89. The van der Waals surface area contributed by atoms with E-state index in [0.717, 1.165) is 24.4 Å². The molecular weight excluding hydrogens is 254 g/mol. The topological polar surface area (TPSA) is 88.8 Å². The summed E-state index contributed by atoms with van der Waals surface area (Å²) in [5.74, 6) is 1.94. The van der Waals surface area contributed by atoms with Crippen LogP contribution in [0.15, 0.2) is 24.3 Å². The SMILES string of the molecule is COc1ccc(CCC(C)NCc2nc(N)n[nH]2)cc1. The van der Waals surface area contributed by atoms with Crippen molar-refractivity contribution in [2.24, 2.45) is 0 Å². The molecule has 2 aromatic rings.